The van der Waals surface area contributed by atoms with E-state index in [9.17, 15) is 9.18 Å². The molecule has 0 spiro atoms. The highest BCUT2D eigenvalue weighted by Gasteiger charge is 2.24. The van der Waals surface area contributed by atoms with Gasteiger partial charge < -0.3 is 9.88 Å². The maximum Gasteiger partial charge on any atom is 0.272 e. The number of carbonyl (C=O) groups is 1. The van der Waals surface area contributed by atoms with Gasteiger partial charge in [-0.25, -0.2) is 14.1 Å². The van der Waals surface area contributed by atoms with Crippen LogP contribution in [0.5, 0.6) is 0 Å². The zero-order valence-electron chi connectivity index (χ0n) is 17.4. The highest BCUT2D eigenvalue weighted by Crippen LogP contribution is 2.26. The number of halogens is 2. The first-order chi connectivity index (χ1) is 15.4. The van der Waals surface area contributed by atoms with E-state index in [-0.39, 0.29) is 17.8 Å². The van der Waals surface area contributed by atoms with Gasteiger partial charge in [-0.15, -0.1) is 0 Å². The molecule has 0 fully saturated rings. The Kier molecular flexibility index (Phi) is 6.83. The van der Waals surface area contributed by atoms with E-state index in [1.165, 1.54) is 18.3 Å². The van der Waals surface area contributed by atoms with Crippen molar-refractivity contribution in [3.05, 3.63) is 82.7 Å². The molecule has 1 aromatic carbocycles. The smallest absolute Gasteiger partial charge is 0.272 e. The summed E-state index contributed by atoms with van der Waals surface area (Å²) in [5.74, 6) is -0.502. The zero-order valence-corrected chi connectivity index (χ0v) is 19.0. The Morgan fingerprint density at radius 3 is 2.88 bits per heavy atom. The minimum Gasteiger partial charge on any atom is -0.345 e. The lowest BCUT2D eigenvalue weighted by Gasteiger charge is -2.14. The summed E-state index contributed by atoms with van der Waals surface area (Å²) in [6.07, 6.45) is 9.90. The number of hydrogen-bond donors (Lipinski definition) is 3. The quantitative estimate of drug-likeness (QED) is 0.436. The second-order valence-corrected chi connectivity index (χ2v) is 9.27. The standard InChI is InChI=1S/C23H23ClFN5OS/c1-30-14-20-19(22(30)23(31)28-18-11-12-27-21(24)13-18)10-9-17(29-32(20)26)4-2-3-15-5-7-16(25)8-6-15/h5-14,17H,2-4H2,1H3,(H2,26,29)(H,27,28,31). The van der Waals surface area contributed by atoms with Gasteiger partial charge in [-0.1, -0.05) is 35.9 Å². The average Bonchev–Trinajstić information content (AvgIpc) is 3.01. The molecule has 2 aromatic heterocycles. The first kappa shape index (κ1) is 22.4. The number of nitrogens with zero attached hydrogens (tertiary/aromatic N) is 2. The van der Waals surface area contributed by atoms with Gasteiger partial charge in [0.1, 0.15) is 16.7 Å². The van der Waals surface area contributed by atoms with Crippen LogP contribution in [0.3, 0.4) is 0 Å². The van der Waals surface area contributed by atoms with Crippen LogP contribution < -0.4 is 10.0 Å². The fourth-order valence-electron chi connectivity index (χ4n) is 3.69. The van der Waals surface area contributed by atoms with Crippen LogP contribution >= 0.6 is 11.6 Å². The maximum absolute atomic E-state index is 13.1. The van der Waals surface area contributed by atoms with Gasteiger partial charge in [0.2, 0.25) is 0 Å². The summed E-state index contributed by atoms with van der Waals surface area (Å²) in [5, 5.41) is 3.16. The van der Waals surface area contributed by atoms with Crippen LogP contribution in [0.4, 0.5) is 10.1 Å². The molecule has 0 saturated heterocycles. The van der Waals surface area contributed by atoms with E-state index in [4.69, 9.17) is 16.4 Å². The molecule has 9 heteroatoms. The van der Waals surface area contributed by atoms with Crippen LogP contribution in [0.2, 0.25) is 5.15 Å². The largest absolute Gasteiger partial charge is 0.345 e. The topological polar surface area (TPSA) is 82.8 Å². The molecule has 1 aliphatic rings. The number of fused-ring (bicyclic) bond motifs is 1. The molecular weight excluding hydrogens is 449 g/mol. The Morgan fingerprint density at radius 1 is 1.34 bits per heavy atom. The molecule has 1 amide bonds. The van der Waals surface area contributed by atoms with Gasteiger partial charge in [0.25, 0.3) is 5.91 Å². The number of hydrogen-bond acceptors (Lipinski definition) is 3. The fourth-order valence-corrected chi connectivity index (χ4v) is 5.14. The Bertz CT molecular complexity index is 1190. The van der Waals surface area contributed by atoms with Crippen molar-refractivity contribution >= 4 is 40.1 Å². The van der Waals surface area contributed by atoms with Crippen LogP contribution in [-0.4, -0.2) is 21.5 Å². The van der Waals surface area contributed by atoms with E-state index >= 15 is 0 Å². The number of carbonyl (C=O) groups excluding carboxylic acids is 1. The normalized spacial score (nSPS) is 17.6. The zero-order chi connectivity index (χ0) is 22.7. The summed E-state index contributed by atoms with van der Waals surface area (Å²) in [7, 11) is 0.836. The molecule has 3 aromatic rings. The lowest BCUT2D eigenvalue weighted by molar-refractivity contribution is 0.101. The van der Waals surface area contributed by atoms with Crippen molar-refractivity contribution < 1.29 is 9.18 Å². The summed E-state index contributed by atoms with van der Waals surface area (Å²) in [5.41, 5.74) is 2.89. The molecule has 0 saturated carbocycles. The molecule has 3 heterocycles. The number of aromatic nitrogens is 2. The Labute approximate surface area is 193 Å². The highest BCUT2D eigenvalue weighted by atomic mass is 35.5. The van der Waals surface area contributed by atoms with Gasteiger partial charge in [-0.3, -0.25) is 9.57 Å². The number of rotatable bonds is 6. The Morgan fingerprint density at radius 2 is 2.12 bits per heavy atom. The molecule has 6 nitrogen and oxygen atoms in total. The van der Waals surface area contributed by atoms with Crippen LogP contribution in [0.15, 0.2) is 59.8 Å². The summed E-state index contributed by atoms with van der Waals surface area (Å²) in [4.78, 5) is 17.7. The number of anilines is 1. The van der Waals surface area contributed by atoms with Crippen LogP contribution in [0, 0.1) is 10.6 Å². The van der Waals surface area contributed by atoms with E-state index in [0.717, 1.165) is 35.3 Å². The molecule has 4 rings (SSSR count). The Hall–Kier alpha value is -2.81. The Balaban J connectivity index is 1.47. The predicted molar refractivity (Wildman–Crippen MR) is 126 cm³/mol. The van der Waals surface area contributed by atoms with E-state index in [1.807, 2.05) is 18.3 Å². The number of amides is 1. The van der Waals surface area contributed by atoms with Crippen molar-refractivity contribution in [1.82, 2.24) is 14.3 Å². The first-order valence-corrected chi connectivity index (χ1v) is 11.8. The molecule has 0 bridgehead atoms. The van der Waals surface area contributed by atoms with Crippen molar-refractivity contribution in [2.45, 2.75) is 30.2 Å². The number of aryl methyl sites for hydroxylation is 2. The minimum absolute atomic E-state index is 0.0175. The van der Waals surface area contributed by atoms with E-state index in [0.29, 0.717) is 16.5 Å². The number of benzene rings is 1. The molecule has 1 aliphatic heterocycles. The lowest BCUT2D eigenvalue weighted by Crippen LogP contribution is -2.27. The molecule has 166 valence electrons. The molecule has 2 atom stereocenters. The third kappa shape index (κ3) is 5.15. The first-order valence-electron chi connectivity index (χ1n) is 10.2. The van der Waals surface area contributed by atoms with E-state index in [1.54, 1.807) is 35.9 Å². The second kappa shape index (κ2) is 9.77. The molecule has 2 unspecified atom stereocenters. The van der Waals surface area contributed by atoms with Crippen molar-refractivity contribution in [3.8, 4) is 0 Å². The minimum atomic E-state index is -0.964. The second-order valence-electron chi connectivity index (χ2n) is 7.60. The molecule has 3 N–H and O–H groups in total. The maximum atomic E-state index is 13.1. The molecular formula is C23H23ClFN5OS. The summed E-state index contributed by atoms with van der Waals surface area (Å²) < 4.78 is 26.8. The number of pyridine rings is 1. The van der Waals surface area contributed by atoms with Gasteiger partial charge >= 0.3 is 0 Å². The summed E-state index contributed by atoms with van der Waals surface area (Å²) in [6, 6.07) is 9.84. The van der Waals surface area contributed by atoms with Crippen molar-refractivity contribution in [2.75, 3.05) is 5.32 Å². The van der Waals surface area contributed by atoms with Gasteiger partial charge in [0.05, 0.1) is 4.90 Å². The van der Waals surface area contributed by atoms with E-state index < -0.39 is 10.9 Å². The van der Waals surface area contributed by atoms with Gasteiger partial charge in [0, 0.05) is 36.7 Å². The SMILES string of the molecule is Cn1cc2c(c1C(=O)Nc1ccnc(Cl)c1)C=CC(CCCc1ccc(F)cc1)NS2=N. The van der Waals surface area contributed by atoms with Crippen LogP contribution in [0.25, 0.3) is 6.08 Å². The van der Waals surface area contributed by atoms with Crippen LogP contribution in [-0.2, 0) is 24.3 Å². The predicted octanol–water partition coefficient (Wildman–Crippen LogP) is 5.13. The van der Waals surface area contributed by atoms with Gasteiger partial charge in [0.15, 0.2) is 0 Å². The highest BCUT2D eigenvalue weighted by molar-refractivity contribution is 7.84. The third-order valence-electron chi connectivity index (χ3n) is 5.26. The monoisotopic (exact) mass is 471 g/mol. The molecule has 0 aliphatic carbocycles. The van der Waals surface area contributed by atoms with Crippen molar-refractivity contribution in [1.29, 1.82) is 4.78 Å². The van der Waals surface area contributed by atoms with Crippen LogP contribution in [0.1, 0.15) is 34.5 Å². The average molecular weight is 472 g/mol. The third-order valence-corrected chi connectivity index (χ3v) is 6.77. The fraction of sp³-hybridized carbons (Fsp3) is 0.217. The summed E-state index contributed by atoms with van der Waals surface area (Å²) in [6.45, 7) is 0. The van der Waals surface area contributed by atoms with Gasteiger partial charge in [-0.05, 0) is 60.0 Å². The lowest BCUT2D eigenvalue weighted by atomic mass is 10.0. The van der Waals surface area contributed by atoms with Crippen molar-refractivity contribution in [2.24, 2.45) is 7.05 Å². The summed E-state index contributed by atoms with van der Waals surface area (Å²) >= 11 is 5.92. The van der Waals surface area contributed by atoms with Crippen molar-refractivity contribution in [3.63, 3.8) is 0 Å². The molecule has 32 heavy (non-hydrogen) atoms. The van der Waals surface area contributed by atoms with Gasteiger partial charge in [-0.2, -0.15) is 0 Å². The van der Waals surface area contributed by atoms with E-state index in [2.05, 4.69) is 15.0 Å². The molecule has 0 radical (unpaired) electrons. The number of nitrogens with one attached hydrogen (secondary N) is 3.